The van der Waals surface area contributed by atoms with E-state index in [2.05, 4.69) is 25.9 Å². The van der Waals surface area contributed by atoms with Crippen molar-refractivity contribution in [1.82, 2.24) is 9.97 Å². The Labute approximate surface area is 149 Å². The Morgan fingerprint density at radius 2 is 1.78 bits per heavy atom. The van der Waals surface area contributed by atoms with Crippen LogP contribution in [0.5, 0.6) is 0 Å². The van der Waals surface area contributed by atoms with Gasteiger partial charge in [0.2, 0.25) is 5.28 Å². The fourth-order valence-corrected chi connectivity index (χ4v) is 2.53. The lowest BCUT2D eigenvalue weighted by molar-refractivity contribution is -0.134. The van der Waals surface area contributed by atoms with E-state index in [1.54, 1.807) is 29.2 Å². The molecule has 0 spiro atoms. The summed E-state index contributed by atoms with van der Waals surface area (Å²) in [6.07, 6.45) is -3.88. The largest absolute Gasteiger partial charge is 0.389 e. The van der Waals surface area contributed by atoms with Gasteiger partial charge in [-0.3, -0.25) is 0 Å². The van der Waals surface area contributed by atoms with Gasteiger partial charge in [0.1, 0.15) is 5.02 Å². The average molecular weight is 429 g/mol. The standard InChI is InChI=1S/C14H11BrCl2F3N3/c15-9-2-4-10(5-3-9)23(7-1-6-14(18,19)20)12-11(16)8-21-13(17)22-12/h2-5,8H,1,6-7H2. The van der Waals surface area contributed by atoms with Crippen molar-refractivity contribution >= 4 is 50.6 Å². The molecule has 0 saturated carbocycles. The minimum absolute atomic E-state index is 0.0256. The maximum absolute atomic E-state index is 12.4. The number of aromatic nitrogens is 2. The maximum Gasteiger partial charge on any atom is 0.389 e. The Morgan fingerprint density at radius 1 is 1.13 bits per heavy atom. The van der Waals surface area contributed by atoms with Crippen LogP contribution in [0.15, 0.2) is 34.9 Å². The van der Waals surface area contributed by atoms with Crippen LogP contribution in [-0.2, 0) is 0 Å². The maximum atomic E-state index is 12.4. The molecule has 0 N–H and O–H groups in total. The lowest BCUT2D eigenvalue weighted by atomic mass is 10.2. The van der Waals surface area contributed by atoms with Gasteiger partial charge < -0.3 is 4.90 Å². The molecule has 0 fully saturated rings. The van der Waals surface area contributed by atoms with Crippen LogP contribution in [0.1, 0.15) is 12.8 Å². The van der Waals surface area contributed by atoms with E-state index >= 15 is 0 Å². The zero-order valence-electron chi connectivity index (χ0n) is 11.6. The number of halogens is 6. The first-order chi connectivity index (χ1) is 10.8. The van der Waals surface area contributed by atoms with E-state index in [-0.39, 0.29) is 29.1 Å². The van der Waals surface area contributed by atoms with Crippen LogP contribution in [-0.4, -0.2) is 22.7 Å². The molecule has 0 saturated heterocycles. The van der Waals surface area contributed by atoms with Crippen LogP contribution in [0.25, 0.3) is 0 Å². The van der Waals surface area contributed by atoms with E-state index in [0.717, 1.165) is 4.47 Å². The minimum Gasteiger partial charge on any atom is -0.325 e. The predicted molar refractivity (Wildman–Crippen MR) is 88.5 cm³/mol. The highest BCUT2D eigenvalue weighted by molar-refractivity contribution is 9.10. The summed E-state index contributed by atoms with van der Waals surface area (Å²) in [6.45, 7) is 0.0915. The van der Waals surface area contributed by atoms with Gasteiger partial charge in [0, 0.05) is 23.1 Å². The summed E-state index contributed by atoms with van der Waals surface area (Å²) < 4.78 is 38.1. The Bertz CT molecular complexity index is 665. The molecule has 0 unspecified atom stereocenters. The molecular weight excluding hydrogens is 418 g/mol. The molecule has 2 aromatic rings. The Kier molecular flexibility index (Phi) is 6.11. The summed E-state index contributed by atoms with van der Waals surface area (Å²) in [4.78, 5) is 9.39. The number of alkyl halides is 3. The zero-order valence-corrected chi connectivity index (χ0v) is 14.7. The molecule has 1 heterocycles. The van der Waals surface area contributed by atoms with Crippen molar-refractivity contribution < 1.29 is 13.2 Å². The van der Waals surface area contributed by atoms with E-state index in [1.807, 2.05) is 0 Å². The lowest BCUT2D eigenvalue weighted by Crippen LogP contribution is -2.22. The van der Waals surface area contributed by atoms with Gasteiger partial charge in [0.15, 0.2) is 5.82 Å². The molecule has 0 amide bonds. The Morgan fingerprint density at radius 3 is 2.39 bits per heavy atom. The molecule has 0 aliphatic rings. The number of hydrogen-bond acceptors (Lipinski definition) is 3. The van der Waals surface area contributed by atoms with Crippen molar-refractivity contribution in [1.29, 1.82) is 0 Å². The van der Waals surface area contributed by atoms with Crippen LogP contribution in [0, 0.1) is 0 Å². The van der Waals surface area contributed by atoms with Crippen molar-refractivity contribution in [2.45, 2.75) is 19.0 Å². The normalized spacial score (nSPS) is 11.6. The van der Waals surface area contributed by atoms with Crippen LogP contribution in [0.4, 0.5) is 24.7 Å². The second-order valence-corrected chi connectivity index (χ2v) is 6.32. The van der Waals surface area contributed by atoms with E-state index < -0.39 is 12.6 Å². The number of nitrogens with zero attached hydrogens (tertiary/aromatic N) is 3. The van der Waals surface area contributed by atoms with Gasteiger partial charge in [-0.25, -0.2) is 4.98 Å². The molecule has 0 bridgehead atoms. The topological polar surface area (TPSA) is 29.0 Å². The highest BCUT2D eigenvalue weighted by Gasteiger charge is 2.27. The first-order valence-corrected chi connectivity index (χ1v) is 8.09. The molecule has 0 atom stereocenters. The minimum atomic E-state index is -4.21. The first-order valence-electron chi connectivity index (χ1n) is 6.54. The van der Waals surface area contributed by atoms with Crippen LogP contribution < -0.4 is 4.90 Å². The fraction of sp³-hybridized carbons (Fsp3) is 0.286. The van der Waals surface area contributed by atoms with Crippen molar-refractivity contribution in [3.8, 4) is 0 Å². The second kappa shape index (κ2) is 7.68. The molecule has 124 valence electrons. The lowest BCUT2D eigenvalue weighted by Gasteiger charge is -2.25. The van der Waals surface area contributed by atoms with Crippen LogP contribution in [0.2, 0.25) is 10.3 Å². The van der Waals surface area contributed by atoms with E-state index in [9.17, 15) is 13.2 Å². The quantitative estimate of drug-likeness (QED) is 0.544. The molecule has 2 rings (SSSR count). The molecule has 1 aromatic carbocycles. The molecular formula is C14H11BrCl2F3N3. The number of anilines is 2. The van der Waals surface area contributed by atoms with E-state index in [1.165, 1.54) is 6.20 Å². The SMILES string of the molecule is FC(F)(F)CCCN(c1ccc(Br)cc1)c1nc(Cl)ncc1Cl. The smallest absolute Gasteiger partial charge is 0.325 e. The average Bonchev–Trinajstić information content (AvgIpc) is 2.47. The van der Waals surface area contributed by atoms with Gasteiger partial charge >= 0.3 is 6.18 Å². The monoisotopic (exact) mass is 427 g/mol. The summed E-state index contributed by atoms with van der Waals surface area (Å²) in [5, 5.41) is 0.187. The molecule has 9 heteroatoms. The Hall–Kier alpha value is -1.05. The van der Waals surface area contributed by atoms with Crippen molar-refractivity contribution in [3.63, 3.8) is 0 Å². The van der Waals surface area contributed by atoms with Crippen molar-refractivity contribution in [2.75, 3.05) is 11.4 Å². The summed E-state index contributed by atoms with van der Waals surface area (Å²) >= 11 is 15.2. The molecule has 0 aliphatic carbocycles. The van der Waals surface area contributed by atoms with Crippen LogP contribution >= 0.6 is 39.1 Å². The highest BCUT2D eigenvalue weighted by Crippen LogP contribution is 2.32. The molecule has 1 aromatic heterocycles. The highest BCUT2D eigenvalue weighted by atomic mass is 79.9. The van der Waals surface area contributed by atoms with Gasteiger partial charge in [-0.15, -0.1) is 0 Å². The number of benzene rings is 1. The summed E-state index contributed by atoms with van der Waals surface area (Å²) in [7, 11) is 0. The summed E-state index contributed by atoms with van der Waals surface area (Å²) in [5.74, 6) is 0.274. The van der Waals surface area contributed by atoms with E-state index in [4.69, 9.17) is 23.2 Å². The zero-order chi connectivity index (χ0) is 17.0. The number of hydrogen-bond donors (Lipinski definition) is 0. The number of rotatable bonds is 5. The second-order valence-electron chi connectivity index (χ2n) is 4.66. The third kappa shape index (κ3) is 5.51. The van der Waals surface area contributed by atoms with Crippen molar-refractivity contribution in [2.24, 2.45) is 0 Å². The van der Waals surface area contributed by atoms with E-state index in [0.29, 0.717) is 5.69 Å². The van der Waals surface area contributed by atoms with Gasteiger partial charge in [-0.2, -0.15) is 18.2 Å². The summed E-state index contributed by atoms with van der Waals surface area (Å²) in [5.41, 5.74) is 0.659. The Balaban J connectivity index is 2.31. The first kappa shape index (κ1) is 18.3. The summed E-state index contributed by atoms with van der Waals surface area (Å²) in [6, 6.07) is 7.07. The van der Waals surface area contributed by atoms with Gasteiger partial charge in [0.05, 0.1) is 6.20 Å². The van der Waals surface area contributed by atoms with Gasteiger partial charge in [-0.1, -0.05) is 27.5 Å². The molecule has 0 radical (unpaired) electrons. The van der Waals surface area contributed by atoms with Crippen molar-refractivity contribution in [3.05, 3.63) is 45.2 Å². The van der Waals surface area contributed by atoms with Crippen LogP contribution in [0.3, 0.4) is 0 Å². The van der Waals surface area contributed by atoms with Gasteiger partial charge in [-0.05, 0) is 42.3 Å². The predicted octanol–water partition coefficient (Wildman–Crippen LogP) is 6.03. The molecule has 23 heavy (non-hydrogen) atoms. The molecule has 0 aliphatic heterocycles. The third-order valence-corrected chi connectivity index (χ3v) is 3.91. The molecule has 3 nitrogen and oxygen atoms in total. The fourth-order valence-electron chi connectivity index (χ4n) is 1.94. The third-order valence-electron chi connectivity index (χ3n) is 2.93. The van der Waals surface area contributed by atoms with Gasteiger partial charge in [0.25, 0.3) is 0 Å².